The molecule has 10 N–H and O–H groups in total. The van der Waals surface area contributed by atoms with Crippen LogP contribution in [0.1, 0.15) is 41.9 Å². The van der Waals surface area contributed by atoms with Gasteiger partial charge in [-0.25, -0.2) is 9.97 Å². The molecular formula is C35H29N9O2S5. The van der Waals surface area contributed by atoms with Crippen LogP contribution >= 0.6 is 57.6 Å². The molecule has 9 rings (SSSR count). The number of nitrogen functional groups attached to an aromatic ring is 2. The first kappa shape index (κ1) is 33.2. The number of thiophene rings is 4. The third-order valence-electron chi connectivity index (χ3n) is 8.71. The topological polar surface area (TPSA) is 191 Å². The Morgan fingerprint density at radius 3 is 1.86 bits per heavy atom. The van der Waals surface area contributed by atoms with Crippen LogP contribution in [-0.4, -0.2) is 31.8 Å². The zero-order valence-electron chi connectivity index (χ0n) is 26.7. The van der Waals surface area contributed by atoms with Crippen molar-refractivity contribution in [3.63, 3.8) is 0 Å². The maximum atomic E-state index is 11.9. The van der Waals surface area contributed by atoms with Crippen molar-refractivity contribution in [2.24, 2.45) is 11.5 Å². The molecule has 51 heavy (non-hydrogen) atoms. The summed E-state index contributed by atoms with van der Waals surface area (Å²) >= 11 is 11.5. The minimum Gasteiger partial charge on any atom is -0.397 e. The SMILES string of the molecule is NC(=O)c1sc2nc3c(c(-c4cccs4)c2c1N)CN(C(=S)Nc1ccccc1)C3.NC(=O)c1sc2nc3c(c(-c4cccs4)c2c1N)CNC3. The number of primary amides is 2. The van der Waals surface area contributed by atoms with E-state index in [-0.39, 0.29) is 0 Å². The molecule has 8 heterocycles. The molecule has 2 amide bonds. The van der Waals surface area contributed by atoms with Crippen molar-refractivity contribution in [2.75, 3.05) is 16.8 Å². The van der Waals surface area contributed by atoms with Crippen LogP contribution < -0.4 is 33.6 Å². The van der Waals surface area contributed by atoms with Crippen LogP contribution in [0.2, 0.25) is 0 Å². The van der Waals surface area contributed by atoms with Crippen LogP contribution in [0.25, 0.3) is 41.3 Å². The van der Waals surface area contributed by atoms with Crippen molar-refractivity contribution < 1.29 is 9.59 Å². The Labute approximate surface area is 312 Å². The number of rotatable bonds is 5. The molecule has 256 valence electrons. The molecule has 0 spiro atoms. The number of nitrogens with two attached hydrogens (primary N) is 4. The lowest BCUT2D eigenvalue weighted by atomic mass is 10.0. The Morgan fingerprint density at radius 2 is 1.31 bits per heavy atom. The molecule has 0 unspecified atom stereocenters. The minimum absolute atomic E-state index is 0.358. The van der Waals surface area contributed by atoms with Gasteiger partial charge >= 0.3 is 0 Å². The van der Waals surface area contributed by atoms with E-state index in [0.717, 1.165) is 77.0 Å². The fourth-order valence-corrected chi connectivity index (χ4v) is 10.3. The number of para-hydroxylation sites is 1. The lowest BCUT2D eigenvalue weighted by Crippen LogP contribution is -2.30. The Bertz CT molecular complexity index is 2490. The smallest absolute Gasteiger partial charge is 0.260 e. The monoisotopic (exact) mass is 767 g/mol. The summed E-state index contributed by atoms with van der Waals surface area (Å²) in [5, 5.41) is 13.0. The van der Waals surface area contributed by atoms with Crippen molar-refractivity contribution in [1.82, 2.24) is 20.2 Å². The van der Waals surface area contributed by atoms with Crippen molar-refractivity contribution in [1.29, 1.82) is 0 Å². The second kappa shape index (κ2) is 13.3. The number of aromatic nitrogens is 2. The highest BCUT2D eigenvalue weighted by atomic mass is 32.1. The van der Waals surface area contributed by atoms with Gasteiger partial charge in [0, 0.05) is 62.5 Å². The van der Waals surface area contributed by atoms with E-state index in [1.165, 1.54) is 28.2 Å². The van der Waals surface area contributed by atoms with E-state index in [4.69, 9.17) is 40.1 Å². The number of benzene rings is 1. The van der Waals surface area contributed by atoms with Crippen LogP contribution in [0.15, 0.2) is 65.4 Å². The van der Waals surface area contributed by atoms with Crippen molar-refractivity contribution >= 4 is 112 Å². The third-order valence-corrected chi connectivity index (χ3v) is 13.1. The van der Waals surface area contributed by atoms with E-state index in [1.807, 2.05) is 53.2 Å². The maximum absolute atomic E-state index is 11.9. The highest BCUT2D eigenvalue weighted by Gasteiger charge is 2.31. The molecule has 0 saturated heterocycles. The molecule has 6 aromatic heterocycles. The largest absolute Gasteiger partial charge is 0.397 e. The van der Waals surface area contributed by atoms with Gasteiger partial charge < -0.3 is 38.5 Å². The van der Waals surface area contributed by atoms with Crippen molar-refractivity contribution in [2.45, 2.75) is 26.2 Å². The molecule has 0 radical (unpaired) electrons. The Balaban J connectivity index is 0.000000156. The summed E-state index contributed by atoms with van der Waals surface area (Å²) in [6.45, 7) is 2.72. The number of fused-ring (bicyclic) bond motifs is 4. The Hall–Kier alpha value is -4.97. The molecular weight excluding hydrogens is 739 g/mol. The molecule has 0 bridgehead atoms. The summed E-state index contributed by atoms with van der Waals surface area (Å²) in [5.74, 6) is -1.02. The van der Waals surface area contributed by atoms with E-state index in [9.17, 15) is 9.59 Å². The standard InChI is InChI=1S/C21H17N5OS3.C14H12N4OS2/c22-17-16-15(14-7-4-8-29-14)12-9-26(21(28)24-11-5-2-1-3-6-11)10-13(12)25-20(16)30-18(17)19(23)27;15-11-10-9(8-2-1-3-20-8)6-4-17-5-7(6)18-14(10)21-12(11)13(16)19/h1-8H,9-10,22H2,(H2,23,27)(H,24,28);1-3,17H,4-5,15H2,(H2,16,19). The molecule has 16 heteroatoms. The van der Waals surface area contributed by atoms with Crippen molar-refractivity contribution in [3.8, 4) is 20.9 Å². The number of nitrogens with zero attached hydrogens (tertiary/aromatic N) is 3. The van der Waals surface area contributed by atoms with E-state index in [2.05, 4.69) is 32.7 Å². The molecule has 2 aliphatic rings. The van der Waals surface area contributed by atoms with Crippen LogP contribution in [0, 0.1) is 0 Å². The van der Waals surface area contributed by atoms with Gasteiger partial charge in [-0.15, -0.1) is 45.3 Å². The number of anilines is 3. The lowest BCUT2D eigenvalue weighted by Gasteiger charge is -2.19. The zero-order valence-corrected chi connectivity index (χ0v) is 30.8. The van der Waals surface area contributed by atoms with Gasteiger partial charge in [0.2, 0.25) is 0 Å². The second-order valence-electron chi connectivity index (χ2n) is 11.8. The molecule has 0 atom stereocenters. The quantitative estimate of drug-likeness (QED) is 0.102. The predicted octanol–water partition coefficient (Wildman–Crippen LogP) is 6.73. The summed E-state index contributed by atoms with van der Waals surface area (Å²) in [4.78, 5) is 39.5. The molecule has 1 aromatic carbocycles. The number of carbonyl (C=O) groups excluding carboxylic acids is 2. The average molecular weight is 768 g/mol. The van der Waals surface area contributed by atoms with Gasteiger partial charge in [0.15, 0.2) is 5.11 Å². The number of amides is 2. The number of pyridine rings is 2. The molecule has 11 nitrogen and oxygen atoms in total. The number of nitrogens with one attached hydrogen (secondary N) is 2. The molecule has 2 aliphatic heterocycles. The summed E-state index contributed by atoms with van der Waals surface area (Å²) in [6, 6.07) is 18.0. The third kappa shape index (κ3) is 5.88. The number of hydrogen-bond donors (Lipinski definition) is 6. The first-order valence-corrected chi connectivity index (χ1v) is 19.5. The molecule has 0 fully saturated rings. The van der Waals surface area contributed by atoms with E-state index >= 15 is 0 Å². The summed E-state index contributed by atoms with van der Waals surface area (Å²) in [5.41, 5.74) is 31.7. The highest BCUT2D eigenvalue weighted by molar-refractivity contribution is 7.80. The number of thiocarbonyl (C=S) groups is 1. The van der Waals surface area contributed by atoms with Crippen LogP contribution in [-0.2, 0) is 26.2 Å². The van der Waals surface area contributed by atoms with Gasteiger partial charge in [-0.05, 0) is 52.8 Å². The van der Waals surface area contributed by atoms with Crippen LogP contribution in [0.4, 0.5) is 17.1 Å². The number of carbonyl (C=O) groups is 2. The highest BCUT2D eigenvalue weighted by Crippen LogP contribution is 2.46. The van der Waals surface area contributed by atoms with Gasteiger partial charge in [0.25, 0.3) is 11.8 Å². The van der Waals surface area contributed by atoms with E-state index < -0.39 is 11.8 Å². The summed E-state index contributed by atoms with van der Waals surface area (Å²) in [6.07, 6.45) is 0. The van der Waals surface area contributed by atoms with Gasteiger partial charge in [0.05, 0.1) is 29.3 Å². The Kier molecular flexibility index (Phi) is 8.65. The minimum atomic E-state index is -0.525. The average Bonchev–Trinajstić information content (AvgIpc) is 3.97. The molecule has 0 aliphatic carbocycles. The normalized spacial score (nSPS) is 13.2. The van der Waals surface area contributed by atoms with Gasteiger partial charge in [-0.2, -0.15) is 0 Å². The summed E-state index contributed by atoms with van der Waals surface area (Å²) in [7, 11) is 0. The predicted molar refractivity (Wildman–Crippen MR) is 214 cm³/mol. The Morgan fingerprint density at radius 1 is 0.745 bits per heavy atom. The first-order chi connectivity index (χ1) is 24.7. The lowest BCUT2D eigenvalue weighted by molar-refractivity contribution is 0.0996. The van der Waals surface area contributed by atoms with Gasteiger partial charge in [-0.1, -0.05) is 30.3 Å². The fraction of sp³-hybridized carbons (Fsp3) is 0.114. The zero-order chi connectivity index (χ0) is 35.4. The first-order valence-electron chi connectivity index (χ1n) is 15.7. The maximum Gasteiger partial charge on any atom is 0.260 e. The van der Waals surface area contributed by atoms with E-state index in [1.54, 1.807) is 22.7 Å². The van der Waals surface area contributed by atoms with Gasteiger partial charge in [-0.3, -0.25) is 9.59 Å². The second-order valence-corrected chi connectivity index (χ2v) is 16.1. The molecule has 0 saturated carbocycles. The van der Waals surface area contributed by atoms with Crippen LogP contribution in [0.3, 0.4) is 0 Å². The van der Waals surface area contributed by atoms with Crippen molar-refractivity contribution in [3.05, 3.63) is 97.6 Å². The molecule has 7 aromatic rings. The van der Waals surface area contributed by atoms with Gasteiger partial charge in [0.1, 0.15) is 19.4 Å². The van der Waals surface area contributed by atoms with Crippen LogP contribution in [0.5, 0.6) is 0 Å². The van der Waals surface area contributed by atoms with E-state index in [0.29, 0.717) is 39.3 Å². The fourth-order valence-electron chi connectivity index (χ4n) is 6.46. The summed E-state index contributed by atoms with van der Waals surface area (Å²) < 4.78 is 0. The number of hydrogen-bond acceptors (Lipinski definition) is 12.